The number of hydrogen-bond acceptors (Lipinski definition) is 5. The molecule has 0 amide bonds. The number of benzene rings is 1. The number of piperidine rings is 1. The Labute approximate surface area is 165 Å². The predicted molar refractivity (Wildman–Crippen MR) is 91.4 cm³/mol. The van der Waals surface area contributed by atoms with E-state index in [9.17, 15) is 31.4 Å². The van der Waals surface area contributed by atoms with Crippen molar-refractivity contribution in [2.24, 2.45) is 11.8 Å². The summed E-state index contributed by atoms with van der Waals surface area (Å²) in [6, 6.07) is 1.56. The highest BCUT2D eigenvalue weighted by molar-refractivity contribution is 5.58. The fraction of sp³-hybridized carbons (Fsp3) is 0.444. The summed E-state index contributed by atoms with van der Waals surface area (Å²) in [6.45, 7) is 0.919. The monoisotopic (exact) mass is 431 g/mol. The number of aliphatic hydroxyl groups excluding tert-OH is 1. The zero-order valence-corrected chi connectivity index (χ0v) is 15.0. The lowest BCUT2D eigenvalue weighted by Gasteiger charge is -2.13. The molecule has 2 bridgehead atoms. The van der Waals surface area contributed by atoms with E-state index in [1.54, 1.807) is 0 Å². The van der Waals surface area contributed by atoms with Gasteiger partial charge in [0.15, 0.2) is 5.82 Å². The fourth-order valence-electron chi connectivity index (χ4n) is 4.47. The molecule has 6 nitrogen and oxygen atoms in total. The van der Waals surface area contributed by atoms with Crippen LogP contribution in [-0.4, -0.2) is 44.2 Å². The second-order valence-electron chi connectivity index (χ2n) is 7.72. The van der Waals surface area contributed by atoms with Gasteiger partial charge in [-0.05, 0) is 30.2 Å². The van der Waals surface area contributed by atoms with E-state index < -0.39 is 35.3 Å². The molecule has 3 N–H and O–H groups in total. The molecule has 1 aromatic carbocycles. The summed E-state index contributed by atoms with van der Waals surface area (Å²) in [5, 5.41) is 20.4. The van der Waals surface area contributed by atoms with E-state index in [0.29, 0.717) is 30.0 Å². The highest BCUT2D eigenvalue weighted by Crippen LogP contribution is 2.75. The van der Waals surface area contributed by atoms with E-state index in [0.717, 1.165) is 17.6 Å². The molecule has 5 unspecified atom stereocenters. The van der Waals surface area contributed by atoms with Crippen LogP contribution in [0.2, 0.25) is 0 Å². The van der Waals surface area contributed by atoms with Gasteiger partial charge in [-0.15, -0.1) is 5.10 Å². The Hall–Kier alpha value is -2.44. The number of alkyl halides is 6. The van der Waals surface area contributed by atoms with Crippen LogP contribution in [0, 0.1) is 11.8 Å². The van der Waals surface area contributed by atoms with Crippen molar-refractivity contribution in [2.75, 3.05) is 6.54 Å². The van der Waals surface area contributed by atoms with E-state index in [4.69, 9.17) is 0 Å². The van der Waals surface area contributed by atoms with Gasteiger partial charge in [-0.3, -0.25) is 5.32 Å². The van der Waals surface area contributed by atoms with Gasteiger partial charge >= 0.3 is 12.4 Å². The van der Waals surface area contributed by atoms with Gasteiger partial charge < -0.3 is 10.4 Å². The molecule has 2 saturated heterocycles. The van der Waals surface area contributed by atoms with Gasteiger partial charge in [0, 0.05) is 35.8 Å². The molecule has 3 heterocycles. The van der Waals surface area contributed by atoms with Gasteiger partial charge in [0.1, 0.15) is 12.6 Å². The minimum absolute atomic E-state index is 0.0485. The van der Waals surface area contributed by atoms with Gasteiger partial charge in [-0.25, -0.2) is 9.67 Å². The van der Waals surface area contributed by atoms with Crippen LogP contribution >= 0.6 is 0 Å². The largest absolute Gasteiger partial charge is 0.416 e. The van der Waals surface area contributed by atoms with Gasteiger partial charge in [-0.2, -0.15) is 26.3 Å². The number of halogens is 6. The molecular formula is C18H15F6N5O. The van der Waals surface area contributed by atoms with Crippen LogP contribution in [0.4, 0.5) is 26.3 Å². The van der Waals surface area contributed by atoms with E-state index >= 15 is 0 Å². The van der Waals surface area contributed by atoms with Crippen LogP contribution < -0.4 is 10.6 Å². The van der Waals surface area contributed by atoms with Crippen LogP contribution in [-0.2, 0) is 12.4 Å². The Bertz CT molecular complexity index is 975. The first-order valence-corrected chi connectivity index (χ1v) is 9.08. The average molecular weight is 431 g/mol. The molecule has 0 spiro atoms. The topological polar surface area (TPSA) is 75.0 Å². The normalized spacial score (nSPS) is 30.6. The Morgan fingerprint density at radius 2 is 1.83 bits per heavy atom. The van der Waals surface area contributed by atoms with E-state index in [2.05, 4.69) is 20.7 Å². The van der Waals surface area contributed by atoms with Crippen molar-refractivity contribution in [1.82, 2.24) is 25.4 Å². The van der Waals surface area contributed by atoms with E-state index in [1.807, 2.05) is 0 Å². The second kappa shape index (κ2) is 6.05. The Morgan fingerprint density at radius 1 is 1.17 bits per heavy atom. The summed E-state index contributed by atoms with van der Waals surface area (Å²) in [7, 11) is 0. The van der Waals surface area contributed by atoms with E-state index in [1.165, 1.54) is 12.3 Å². The predicted octanol–water partition coefficient (Wildman–Crippen LogP) is 2.33. The lowest BCUT2D eigenvalue weighted by atomic mass is 10.0. The SMILES string of the molecule is OC(/C=C\n1cnc(-c2cc(C(F)(F)F)cc(C(F)(F)F)c2)n1)NC12C3CNC1C32. The minimum Gasteiger partial charge on any atom is -0.375 e. The van der Waals surface area contributed by atoms with Crippen LogP contribution in [0.15, 0.2) is 30.6 Å². The maximum atomic E-state index is 13.0. The zero-order valence-electron chi connectivity index (χ0n) is 15.0. The third kappa shape index (κ3) is 3.01. The smallest absolute Gasteiger partial charge is 0.375 e. The third-order valence-electron chi connectivity index (χ3n) is 5.99. The average Bonchev–Trinajstić information content (AvgIpc) is 3.19. The van der Waals surface area contributed by atoms with E-state index in [-0.39, 0.29) is 17.4 Å². The number of nitrogens with zero attached hydrogens (tertiary/aromatic N) is 3. The highest BCUT2D eigenvalue weighted by Gasteiger charge is 2.90. The first kappa shape index (κ1) is 19.5. The summed E-state index contributed by atoms with van der Waals surface area (Å²) >= 11 is 0. The summed E-state index contributed by atoms with van der Waals surface area (Å²) in [5.74, 6) is 0.763. The molecule has 2 aromatic rings. The third-order valence-corrected chi connectivity index (χ3v) is 5.99. The van der Waals surface area contributed by atoms with Crippen LogP contribution in [0.5, 0.6) is 0 Å². The standard InChI is InChI=1S/C18H15F6N5O/c19-17(20,21)9-3-8(4-10(5-9)18(22,23)24)15-26-7-29(28-15)2-1-12(30)27-16-11-6-25-14(16)13(11)16/h1-5,7,11-14,25,27,30H,6H2/b2-1-. The quantitative estimate of drug-likeness (QED) is 0.501. The van der Waals surface area contributed by atoms with Crippen molar-refractivity contribution in [3.05, 3.63) is 41.7 Å². The van der Waals surface area contributed by atoms with Crippen molar-refractivity contribution in [1.29, 1.82) is 0 Å². The number of aromatic nitrogens is 3. The second-order valence-corrected chi connectivity index (χ2v) is 7.72. The van der Waals surface area contributed by atoms with Crippen LogP contribution in [0.3, 0.4) is 0 Å². The summed E-state index contributed by atoms with van der Waals surface area (Å²) in [4.78, 5) is 3.79. The summed E-state index contributed by atoms with van der Waals surface area (Å²) in [5.41, 5.74) is -3.35. The number of nitrogens with one attached hydrogen (secondary N) is 2. The van der Waals surface area contributed by atoms with Gasteiger partial charge in [-0.1, -0.05) is 0 Å². The number of hydrogen-bond donors (Lipinski definition) is 3. The first-order valence-electron chi connectivity index (χ1n) is 9.08. The van der Waals surface area contributed by atoms with Gasteiger partial charge in [0.2, 0.25) is 0 Å². The molecular weight excluding hydrogens is 416 g/mol. The minimum atomic E-state index is -4.95. The maximum Gasteiger partial charge on any atom is 0.416 e. The Balaban J connectivity index is 1.34. The first-order chi connectivity index (χ1) is 14.0. The Morgan fingerprint density at radius 3 is 2.37 bits per heavy atom. The van der Waals surface area contributed by atoms with Crippen molar-refractivity contribution < 1.29 is 31.4 Å². The highest BCUT2D eigenvalue weighted by atomic mass is 19.4. The van der Waals surface area contributed by atoms with Gasteiger partial charge in [0.05, 0.1) is 11.1 Å². The van der Waals surface area contributed by atoms with Gasteiger partial charge in [0.25, 0.3) is 0 Å². The number of fused-ring (bicyclic) bond motifs is 1. The number of aliphatic hydroxyl groups is 1. The number of rotatable bonds is 5. The summed E-state index contributed by atoms with van der Waals surface area (Å²) < 4.78 is 79.1. The summed E-state index contributed by atoms with van der Waals surface area (Å²) in [6.07, 6.45) is -7.03. The lowest BCUT2D eigenvalue weighted by Crippen LogP contribution is -2.39. The maximum absolute atomic E-state index is 13.0. The molecule has 2 aliphatic heterocycles. The van der Waals surface area contributed by atoms with Crippen molar-refractivity contribution in [3.8, 4) is 11.4 Å². The van der Waals surface area contributed by atoms with Crippen LogP contribution in [0.25, 0.3) is 17.6 Å². The molecule has 5 atom stereocenters. The fourth-order valence-corrected chi connectivity index (χ4v) is 4.47. The van der Waals surface area contributed by atoms with Crippen molar-refractivity contribution in [3.63, 3.8) is 0 Å². The Kier molecular flexibility index (Phi) is 3.94. The molecule has 2 saturated carbocycles. The van der Waals surface area contributed by atoms with Crippen LogP contribution in [0.1, 0.15) is 11.1 Å². The molecule has 1 aromatic heterocycles. The molecule has 2 aliphatic carbocycles. The van der Waals surface area contributed by atoms with Crippen molar-refractivity contribution in [2.45, 2.75) is 30.2 Å². The molecule has 30 heavy (non-hydrogen) atoms. The molecule has 6 rings (SSSR count). The lowest BCUT2D eigenvalue weighted by molar-refractivity contribution is -0.143. The molecule has 4 fully saturated rings. The molecule has 160 valence electrons. The zero-order chi connectivity index (χ0) is 21.5. The molecule has 12 heteroatoms. The molecule has 4 aliphatic rings. The van der Waals surface area contributed by atoms with Crippen molar-refractivity contribution >= 4 is 6.20 Å². The molecule has 0 radical (unpaired) electrons.